The topological polar surface area (TPSA) is 12.4 Å². The molecule has 0 atom stereocenters. The van der Waals surface area contributed by atoms with Crippen LogP contribution in [-0.4, -0.2) is 11.9 Å². The number of thioether (sulfide) groups is 1. The normalized spacial score (nSPS) is 18.0. The summed E-state index contributed by atoms with van der Waals surface area (Å²) in [4.78, 5) is 5.87. The van der Waals surface area contributed by atoms with Crippen LogP contribution in [0.25, 0.3) is 0 Å². The van der Waals surface area contributed by atoms with Crippen molar-refractivity contribution in [3.63, 3.8) is 0 Å². The Kier molecular flexibility index (Phi) is 3.09. The second kappa shape index (κ2) is 4.52. The molecule has 0 unspecified atom stereocenters. The van der Waals surface area contributed by atoms with Gasteiger partial charge < -0.3 is 0 Å². The molecular formula is C13H7BrF3NS. The van der Waals surface area contributed by atoms with Gasteiger partial charge in [0.15, 0.2) is 0 Å². The molecule has 1 heterocycles. The maximum atomic E-state index is 12.7. The van der Waals surface area contributed by atoms with Gasteiger partial charge in [0.25, 0.3) is 0 Å². The molecule has 0 bridgehead atoms. The van der Waals surface area contributed by atoms with E-state index < -0.39 is 11.7 Å². The fraction of sp³-hybridized carbons (Fsp3) is 0.154. The number of alkyl halides is 3. The van der Waals surface area contributed by atoms with Crippen molar-refractivity contribution in [2.75, 3.05) is 0 Å². The van der Waals surface area contributed by atoms with Gasteiger partial charge in [-0.25, -0.2) is 0 Å². The van der Waals surface area contributed by atoms with Crippen LogP contribution in [0, 0.1) is 0 Å². The van der Waals surface area contributed by atoms with Crippen molar-refractivity contribution < 1.29 is 13.2 Å². The molecule has 1 aliphatic carbocycles. The van der Waals surface area contributed by atoms with Gasteiger partial charge in [0.2, 0.25) is 0 Å². The molecule has 0 N–H and O–H groups in total. The highest BCUT2D eigenvalue weighted by atomic mass is 79.9. The molecule has 1 aromatic rings. The highest BCUT2D eigenvalue weighted by Gasteiger charge is 2.35. The van der Waals surface area contributed by atoms with E-state index in [2.05, 4.69) is 20.9 Å². The molecule has 1 aromatic carbocycles. The van der Waals surface area contributed by atoms with Crippen LogP contribution in [-0.2, 0) is 0 Å². The van der Waals surface area contributed by atoms with Crippen LogP contribution < -0.4 is 0 Å². The molecule has 98 valence electrons. The van der Waals surface area contributed by atoms with E-state index in [-0.39, 0.29) is 6.42 Å². The number of nitrogens with zero attached hydrogens (tertiary/aromatic N) is 1. The Morgan fingerprint density at radius 3 is 2.79 bits per heavy atom. The van der Waals surface area contributed by atoms with Crippen molar-refractivity contribution in [2.45, 2.75) is 17.5 Å². The Labute approximate surface area is 120 Å². The Balaban J connectivity index is 2.01. The van der Waals surface area contributed by atoms with Gasteiger partial charge in [-0.05, 0) is 24.3 Å². The largest absolute Gasteiger partial charge is 0.416 e. The SMILES string of the molecule is FC(F)(F)C1=CCC2=Nc3ccc(Br)cc3SC2=C1. The molecule has 0 fully saturated rings. The van der Waals surface area contributed by atoms with Gasteiger partial charge in [-0.3, -0.25) is 4.99 Å². The zero-order valence-corrected chi connectivity index (χ0v) is 11.9. The third-order valence-electron chi connectivity index (χ3n) is 2.81. The number of fused-ring (bicyclic) bond motifs is 2. The van der Waals surface area contributed by atoms with E-state index >= 15 is 0 Å². The number of hydrogen-bond donors (Lipinski definition) is 0. The summed E-state index contributed by atoms with van der Waals surface area (Å²) in [5, 5.41) is 0. The molecule has 0 saturated carbocycles. The second-order valence-electron chi connectivity index (χ2n) is 4.14. The standard InChI is InChI=1S/C13H7BrF3NS/c14-8-2-4-10-12(6-8)19-11-5-7(13(15,16)17)1-3-9(11)18-10/h1-2,4-6H,3H2. The number of allylic oxidation sites excluding steroid dienone is 4. The summed E-state index contributed by atoms with van der Waals surface area (Å²) in [6.07, 6.45) is -1.70. The minimum Gasteiger partial charge on any atom is -0.251 e. The molecule has 0 radical (unpaired) electrons. The molecule has 0 saturated heterocycles. The smallest absolute Gasteiger partial charge is 0.251 e. The van der Waals surface area contributed by atoms with E-state index in [1.807, 2.05) is 18.2 Å². The van der Waals surface area contributed by atoms with Gasteiger partial charge in [0.05, 0.1) is 17.0 Å². The highest BCUT2D eigenvalue weighted by Crippen LogP contribution is 2.45. The number of aliphatic imine (C=N–C) groups is 1. The lowest BCUT2D eigenvalue weighted by molar-refractivity contribution is -0.0884. The minimum atomic E-state index is -4.30. The van der Waals surface area contributed by atoms with Crippen LogP contribution >= 0.6 is 27.7 Å². The Morgan fingerprint density at radius 2 is 2.05 bits per heavy atom. The molecule has 2 aliphatic rings. The first kappa shape index (κ1) is 13.0. The van der Waals surface area contributed by atoms with Crippen molar-refractivity contribution in [3.8, 4) is 0 Å². The van der Waals surface area contributed by atoms with Crippen molar-refractivity contribution in [2.24, 2.45) is 4.99 Å². The first-order chi connectivity index (χ1) is 8.93. The molecule has 19 heavy (non-hydrogen) atoms. The first-order valence-corrected chi connectivity index (χ1v) is 7.09. The second-order valence-corrected chi connectivity index (χ2v) is 6.14. The molecule has 1 aliphatic heterocycles. The zero-order valence-electron chi connectivity index (χ0n) is 9.46. The molecule has 0 aromatic heterocycles. The number of rotatable bonds is 0. The molecular weight excluding hydrogens is 339 g/mol. The fourth-order valence-electron chi connectivity index (χ4n) is 1.90. The zero-order chi connectivity index (χ0) is 13.6. The number of hydrogen-bond acceptors (Lipinski definition) is 2. The predicted molar refractivity (Wildman–Crippen MR) is 73.9 cm³/mol. The average Bonchev–Trinajstić information content (AvgIpc) is 2.34. The minimum absolute atomic E-state index is 0.225. The number of halogens is 4. The van der Waals surface area contributed by atoms with Crippen molar-refractivity contribution in [1.29, 1.82) is 0 Å². The van der Waals surface area contributed by atoms with Gasteiger partial charge in [0.1, 0.15) is 0 Å². The molecule has 1 nitrogen and oxygen atoms in total. The summed E-state index contributed by atoms with van der Waals surface area (Å²) < 4.78 is 39.0. The van der Waals surface area contributed by atoms with Gasteiger partial charge in [-0.1, -0.05) is 33.8 Å². The Hall–Kier alpha value is -1.01. The highest BCUT2D eigenvalue weighted by molar-refractivity contribution is 9.10. The van der Waals surface area contributed by atoms with Crippen LogP contribution in [0.15, 0.2) is 55.2 Å². The van der Waals surface area contributed by atoms with Crippen molar-refractivity contribution in [3.05, 3.63) is 45.3 Å². The fourth-order valence-corrected chi connectivity index (χ4v) is 3.49. The summed E-state index contributed by atoms with van der Waals surface area (Å²) in [6, 6.07) is 5.60. The summed E-state index contributed by atoms with van der Waals surface area (Å²) in [5.74, 6) is 0. The Morgan fingerprint density at radius 1 is 1.26 bits per heavy atom. The van der Waals surface area contributed by atoms with Gasteiger partial charge >= 0.3 is 6.18 Å². The van der Waals surface area contributed by atoms with Crippen molar-refractivity contribution in [1.82, 2.24) is 0 Å². The molecule has 0 amide bonds. The van der Waals surface area contributed by atoms with E-state index in [0.29, 0.717) is 10.6 Å². The third-order valence-corrected chi connectivity index (χ3v) is 4.42. The Bertz CT molecular complexity index is 644. The monoisotopic (exact) mass is 345 g/mol. The maximum Gasteiger partial charge on any atom is 0.416 e. The maximum absolute atomic E-state index is 12.7. The van der Waals surface area contributed by atoms with Crippen LogP contribution in [0.5, 0.6) is 0 Å². The van der Waals surface area contributed by atoms with Crippen LogP contribution in [0.3, 0.4) is 0 Å². The van der Waals surface area contributed by atoms with Gasteiger partial charge in [0, 0.05) is 20.7 Å². The summed E-state index contributed by atoms with van der Waals surface area (Å²) >= 11 is 4.68. The lowest BCUT2D eigenvalue weighted by Gasteiger charge is -2.22. The lowest BCUT2D eigenvalue weighted by atomic mass is 10.0. The first-order valence-electron chi connectivity index (χ1n) is 5.48. The molecule has 6 heteroatoms. The quantitative estimate of drug-likeness (QED) is 0.612. The van der Waals surface area contributed by atoms with E-state index in [4.69, 9.17) is 0 Å². The van der Waals surface area contributed by atoms with Crippen LogP contribution in [0.1, 0.15) is 6.42 Å². The molecule has 0 spiro atoms. The number of benzene rings is 1. The van der Waals surface area contributed by atoms with Crippen molar-refractivity contribution >= 4 is 39.1 Å². The summed E-state index contributed by atoms with van der Waals surface area (Å²) in [5.41, 5.74) is 0.921. The predicted octanol–water partition coefficient (Wildman–Crippen LogP) is 5.40. The van der Waals surface area contributed by atoms with Gasteiger partial charge in [-0.15, -0.1) is 0 Å². The third kappa shape index (κ3) is 2.51. The summed E-state index contributed by atoms with van der Waals surface area (Å²) in [6.45, 7) is 0. The van der Waals surface area contributed by atoms with Crippen LogP contribution in [0.2, 0.25) is 0 Å². The average molecular weight is 346 g/mol. The van der Waals surface area contributed by atoms with Crippen LogP contribution in [0.4, 0.5) is 18.9 Å². The van der Waals surface area contributed by atoms with E-state index in [9.17, 15) is 13.2 Å². The van der Waals surface area contributed by atoms with E-state index in [1.165, 1.54) is 23.9 Å². The van der Waals surface area contributed by atoms with E-state index in [1.54, 1.807) is 0 Å². The van der Waals surface area contributed by atoms with E-state index in [0.717, 1.165) is 15.1 Å². The van der Waals surface area contributed by atoms with Gasteiger partial charge in [-0.2, -0.15) is 13.2 Å². The molecule has 3 rings (SSSR count). The summed E-state index contributed by atoms with van der Waals surface area (Å²) in [7, 11) is 0. The lowest BCUT2D eigenvalue weighted by Crippen LogP contribution is -2.16.